The summed E-state index contributed by atoms with van der Waals surface area (Å²) in [6.07, 6.45) is 6.73. The lowest BCUT2D eigenvalue weighted by molar-refractivity contribution is -0.121. The summed E-state index contributed by atoms with van der Waals surface area (Å²) in [4.78, 5) is 12.0. The van der Waals surface area contributed by atoms with Crippen molar-refractivity contribution in [3.63, 3.8) is 0 Å². The second kappa shape index (κ2) is 5.36. The molecule has 0 spiro atoms. The van der Waals surface area contributed by atoms with Gasteiger partial charge in [-0.25, -0.2) is 0 Å². The van der Waals surface area contributed by atoms with Gasteiger partial charge in [0.15, 0.2) is 0 Å². The van der Waals surface area contributed by atoms with Gasteiger partial charge in [-0.05, 0) is 55.1 Å². The predicted molar refractivity (Wildman–Crippen MR) is 77.1 cm³/mol. The second-order valence-electron chi connectivity index (χ2n) is 6.38. The molecule has 102 valence electrons. The molecule has 0 bridgehead atoms. The van der Waals surface area contributed by atoms with E-state index in [-0.39, 0.29) is 5.91 Å². The Morgan fingerprint density at radius 1 is 1.16 bits per heavy atom. The third-order valence-electron chi connectivity index (χ3n) is 4.45. The van der Waals surface area contributed by atoms with Gasteiger partial charge < -0.3 is 5.32 Å². The molecular weight excluding hydrogens is 234 g/mol. The maximum atomic E-state index is 12.0. The van der Waals surface area contributed by atoms with E-state index in [0.717, 1.165) is 30.2 Å². The Labute approximate surface area is 115 Å². The van der Waals surface area contributed by atoms with Crippen LogP contribution in [0, 0.1) is 5.92 Å². The Bertz CT molecular complexity index is 447. The molecule has 2 aliphatic carbocycles. The molecule has 0 unspecified atom stereocenters. The maximum absolute atomic E-state index is 12.0. The van der Waals surface area contributed by atoms with Gasteiger partial charge in [0.1, 0.15) is 0 Å². The molecule has 1 N–H and O–H groups in total. The van der Waals surface area contributed by atoms with Crippen LogP contribution in [0.4, 0.5) is 0 Å². The average molecular weight is 257 g/mol. The van der Waals surface area contributed by atoms with E-state index >= 15 is 0 Å². The van der Waals surface area contributed by atoms with Crippen LogP contribution >= 0.6 is 0 Å². The van der Waals surface area contributed by atoms with E-state index in [1.807, 2.05) is 0 Å². The highest BCUT2D eigenvalue weighted by molar-refractivity contribution is 5.78. The highest BCUT2D eigenvalue weighted by Gasteiger charge is 2.24. The summed E-state index contributed by atoms with van der Waals surface area (Å²) in [5.74, 6) is 1.74. The van der Waals surface area contributed by atoms with Crippen molar-refractivity contribution in [2.45, 2.75) is 57.4 Å². The quantitative estimate of drug-likeness (QED) is 0.880. The van der Waals surface area contributed by atoms with Crippen LogP contribution < -0.4 is 5.32 Å². The standard InChI is InChI=1S/C17H23NO/c1-12-2-9-16(10-12)18-17(19)11-13-3-5-14(6-4-13)15-7-8-15/h3-6,12,15-16H,2,7-11H2,1H3,(H,18,19)/t12-,16+/m1/s1. The van der Waals surface area contributed by atoms with Crippen molar-refractivity contribution in [1.29, 1.82) is 0 Å². The first-order chi connectivity index (χ1) is 9.20. The van der Waals surface area contributed by atoms with Gasteiger partial charge in [-0.2, -0.15) is 0 Å². The number of benzene rings is 1. The monoisotopic (exact) mass is 257 g/mol. The van der Waals surface area contributed by atoms with Gasteiger partial charge in [0.2, 0.25) is 5.91 Å². The van der Waals surface area contributed by atoms with Crippen LogP contribution in [0.5, 0.6) is 0 Å². The lowest BCUT2D eigenvalue weighted by Crippen LogP contribution is -2.34. The number of amides is 1. The Morgan fingerprint density at radius 2 is 1.89 bits per heavy atom. The molecule has 2 saturated carbocycles. The minimum Gasteiger partial charge on any atom is -0.353 e. The summed E-state index contributed by atoms with van der Waals surface area (Å²) in [5.41, 5.74) is 2.57. The molecule has 0 aromatic heterocycles. The highest BCUT2D eigenvalue weighted by atomic mass is 16.1. The normalized spacial score (nSPS) is 26.4. The third-order valence-corrected chi connectivity index (χ3v) is 4.45. The summed E-state index contributed by atoms with van der Waals surface area (Å²) in [5, 5.41) is 3.17. The van der Waals surface area contributed by atoms with Crippen LogP contribution in [0.2, 0.25) is 0 Å². The van der Waals surface area contributed by atoms with Crippen molar-refractivity contribution >= 4 is 5.91 Å². The fourth-order valence-corrected chi connectivity index (χ4v) is 3.13. The van der Waals surface area contributed by atoms with Crippen LogP contribution in [0.25, 0.3) is 0 Å². The third kappa shape index (κ3) is 3.37. The molecule has 1 aromatic carbocycles. The van der Waals surface area contributed by atoms with E-state index in [2.05, 4.69) is 36.5 Å². The van der Waals surface area contributed by atoms with Gasteiger partial charge in [0.25, 0.3) is 0 Å². The number of nitrogens with one attached hydrogen (secondary N) is 1. The highest BCUT2D eigenvalue weighted by Crippen LogP contribution is 2.39. The number of carbonyl (C=O) groups is 1. The molecule has 0 saturated heterocycles. The molecule has 2 aliphatic rings. The summed E-state index contributed by atoms with van der Waals surface area (Å²) in [6.45, 7) is 2.27. The first-order valence-corrected chi connectivity index (χ1v) is 7.59. The molecule has 0 heterocycles. The van der Waals surface area contributed by atoms with Crippen LogP contribution in [-0.2, 0) is 11.2 Å². The summed E-state index contributed by atoms with van der Waals surface area (Å²) in [7, 11) is 0. The smallest absolute Gasteiger partial charge is 0.224 e. The Kier molecular flexibility index (Phi) is 3.58. The topological polar surface area (TPSA) is 29.1 Å². The molecule has 19 heavy (non-hydrogen) atoms. The van der Waals surface area contributed by atoms with E-state index in [4.69, 9.17) is 0 Å². The van der Waals surface area contributed by atoms with Crippen molar-refractivity contribution in [2.75, 3.05) is 0 Å². The van der Waals surface area contributed by atoms with Crippen molar-refractivity contribution < 1.29 is 4.79 Å². The SMILES string of the molecule is C[C@@H]1CC[C@H](NC(=O)Cc2ccc(C3CC3)cc2)C1. The van der Waals surface area contributed by atoms with E-state index in [9.17, 15) is 4.79 Å². The largest absolute Gasteiger partial charge is 0.353 e. The van der Waals surface area contributed by atoms with E-state index in [1.54, 1.807) is 0 Å². The zero-order valence-corrected chi connectivity index (χ0v) is 11.7. The summed E-state index contributed by atoms with van der Waals surface area (Å²) < 4.78 is 0. The maximum Gasteiger partial charge on any atom is 0.224 e. The molecule has 0 aliphatic heterocycles. The molecule has 2 nitrogen and oxygen atoms in total. The zero-order chi connectivity index (χ0) is 13.2. The van der Waals surface area contributed by atoms with Gasteiger partial charge >= 0.3 is 0 Å². The summed E-state index contributed by atoms with van der Waals surface area (Å²) in [6, 6.07) is 9.03. The van der Waals surface area contributed by atoms with Crippen molar-refractivity contribution in [3.8, 4) is 0 Å². The van der Waals surface area contributed by atoms with Gasteiger partial charge in [-0.3, -0.25) is 4.79 Å². The fraction of sp³-hybridized carbons (Fsp3) is 0.588. The molecule has 1 amide bonds. The lowest BCUT2D eigenvalue weighted by Gasteiger charge is -2.12. The minimum absolute atomic E-state index is 0.179. The predicted octanol–water partition coefficient (Wildman–Crippen LogP) is 3.41. The molecule has 2 heteroatoms. The van der Waals surface area contributed by atoms with Gasteiger partial charge in [-0.15, -0.1) is 0 Å². The van der Waals surface area contributed by atoms with E-state index in [1.165, 1.54) is 24.8 Å². The minimum atomic E-state index is 0.179. The van der Waals surface area contributed by atoms with E-state index < -0.39 is 0 Å². The Morgan fingerprint density at radius 3 is 2.47 bits per heavy atom. The summed E-state index contributed by atoms with van der Waals surface area (Å²) >= 11 is 0. The van der Waals surface area contributed by atoms with Gasteiger partial charge in [0, 0.05) is 6.04 Å². The Hall–Kier alpha value is -1.31. The van der Waals surface area contributed by atoms with Gasteiger partial charge in [0.05, 0.1) is 6.42 Å². The molecule has 2 atom stereocenters. The van der Waals surface area contributed by atoms with Crippen molar-refractivity contribution in [3.05, 3.63) is 35.4 Å². The molecule has 2 fully saturated rings. The molecule has 1 aromatic rings. The van der Waals surface area contributed by atoms with Crippen LogP contribution in [0.15, 0.2) is 24.3 Å². The van der Waals surface area contributed by atoms with Crippen LogP contribution in [0.1, 0.15) is 56.1 Å². The fourth-order valence-electron chi connectivity index (χ4n) is 3.13. The Balaban J connectivity index is 1.51. The molecule has 0 radical (unpaired) electrons. The zero-order valence-electron chi connectivity index (χ0n) is 11.7. The van der Waals surface area contributed by atoms with Crippen LogP contribution in [0.3, 0.4) is 0 Å². The van der Waals surface area contributed by atoms with Crippen LogP contribution in [-0.4, -0.2) is 11.9 Å². The second-order valence-corrected chi connectivity index (χ2v) is 6.38. The molecular formula is C17H23NO. The number of hydrogen-bond donors (Lipinski definition) is 1. The number of rotatable bonds is 4. The average Bonchev–Trinajstić information content (AvgIpc) is 3.15. The first-order valence-electron chi connectivity index (χ1n) is 7.59. The first kappa shape index (κ1) is 12.7. The lowest BCUT2D eigenvalue weighted by atomic mass is 10.1. The van der Waals surface area contributed by atoms with Gasteiger partial charge in [-0.1, -0.05) is 31.2 Å². The number of hydrogen-bond acceptors (Lipinski definition) is 1. The van der Waals surface area contributed by atoms with Crippen molar-refractivity contribution in [2.24, 2.45) is 5.92 Å². The number of carbonyl (C=O) groups excluding carboxylic acids is 1. The van der Waals surface area contributed by atoms with Crippen molar-refractivity contribution in [1.82, 2.24) is 5.32 Å². The van der Waals surface area contributed by atoms with E-state index in [0.29, 0.717) is 12.5 Å². The molecule has 3 rings (SSSR count).